The third kappa shape index (κ3) is 5.14. The third-order valence-electron chi connectivity index (χ3n) is 6.03. The topological polar surface area (TPSA) is 71.6 Å². The molecule has 5 nitrogen and oxygen atoms in total. The van der Waals surface area contributed by atoms with Crippen LogP contribution in [0.15, 0.2) is 54.5 Å². The molecule has 0 aliphatic heterocycles. The monoisotopic (exact) mass is 664 g/mol. The van der Waals surface area contributed by atoms with Crippen molar-refractivity contribution in [3.63, 3.8) is 0 Å². The SMILES string of the molecule is CCOC(=O)c1c(/C(F)=C(\F)C(F)(F)C(F)(F)C(F)(F)C(F)(F)C(F)(F)Cl)c(C(=O)c2ccccc2)n2ccc(C#N)cc12. The van der Waals surface area contributed by atoms with E-state index in [1.807, 2.05) is 0 Å². The molecule has 0 saturated carbocycles. The van der Waals surface area contributed by atoms with Crippen molar-refractivity contribution in [3.8, 4) is 6.07 Å². The molecule has 0 bridgehead atoms. The molecule has 44 heavy (non-hydrogen) atoms. The molecular formula is C26H13ClF12N2O3. The zero-order valence-corrected chi connectivity index (χ0v) is 22.1. The molecule has 0 unspecified atom stereocenters. The van der Waals surface area contributed by atoms with Gasteiger partial charge in [-0.15, -0.1) is 0 Å². The van der Waals surface area contributed by atoms with Crippen molar-refractivity contribution in [3.05, 3.63) is 82.4 Å². The predicted octanol–water partition coefficient (Wildman–Crippen LogP) is 8.20. The van der Waals surface area contributed by atoms with Gasteiger partial charge in [0.15, 0.2) is 5.83 Å². The fourth-order valence-corrected chi connectivity index (χ4v) is 3.97. The fourth-order valence-electron chi connectivity index (χ4n) is 3.85. The van der Waals surface area contributed by atoms with Crippen molar-refractivity contribution in [2.75, 3.05) is 6.61 Å². The van der Waals surface area contributed by atoms with Crippen LogP contribution in [-0.4, -0.2) is 51.8 Å². The Morgan fingerprint density at radius 1 is 0.886 bits per heavy atom. The first-order valence-electron chi connectivity index (χ1n) is 11.6. The number of allylic oxidation sites excluding steroid dienone is 1. The normalized spacial score (nSPS) is 13.8. The Balaban J connectivity index is 2.49. The van der Waals surface area contributed by atoms with Gasteiger partial charge in [-0.25, -0.2) is 13.6 Å². The van der Waals surface area contributed by atoms with Gasteiger partial charge >= 0.3 is 35.0 Å². The summed E-state index contributed by atoms with van der Waals surface area (Å²) in [6.45, 7) is 0.592. The summed E-state index contributed by atoms with van der Waals surface area (Å²) in [6, 6.07) is 9.10. The van der Waals surface area contributed by atoms with Crippen LogP contribution in [0.1, 0.15) is 44.5 Å². The Bertz CT molecular complexity index is 1690. The van der Waals surface area contributed by atoms with E-state index < -0.39 is 87.0 Å². The quantitative estimate of drug-likeness (QED) is 0.0949. The molecule has 1 aromatic carbocycles. The summed E-state index contributed by atoms with van der Waals surface area (Å²) >= 11 is 3.74. The Labute approximate surface area is 242 Å². The zero-order chi connectivity index (χ0) is 33.6. The van der Waals surface area contributed by atoms with Gasteiger partial charge in [0.25, 0.3) is 0 Å². The number of aromatic nitrogens is 1. The molecule has 2 heterocycles. The van der Waals surface area contributed by atoms with Crippen LogP contribution < -0.4 is 0 Å². The minimum absolute atomic E-state index is 0.351. The van der Waals surface area contributed by atoms with Crippen LogP contribution in [-0.2, 0) is 4.74 Å². The highest BCUT2D eigenvalue weighted by atomic mass is 35.5. The van der Waals surface area contributed by atoms with Crippen molar-refractivity contribution in [2.45, 2.75) is 36.0 Å². The highest BCUT2D eigenvalue weighted by Crippen LogP contribution is 2.60. The van der Waals surface area contributed by atoms with Crippen LogP contribution in [0.3, 0.4) is 0 Å². The maximum absolute atomic E-state index is 15.7. The van der Waals surface area contributed by atoms with E-state index in [-0.39, 0.29) is 5.56 Å². The molecule has 0 aliphatic carbocycles. The molecule has 3 rings (SSSR count). The number of fused-ring (bicyclic) bond motifs is 1. The Morgan fingerprint density at radius 2 is 1.45 bits per heavy atom. The lowest BCUT2D eigenvalue weighted by molar-refractivity contribution is -0.385. The molecule has 0 radical (unpaired) electrons. The fraction of sp³-hybridized carbons (Fsp3) is 0.269. The van der Waals surface area contributed by atoms with Crippen LogP contribution in [0.25, 0.3) is 11.3 Å². The van der Waals surface area contributed by atoms with E-state index in [2.05, 4.69) is 16.3 Å². The number of ketones is 1. The van der Waals surface area contributed by atoms with E-state index in [1.54, 1.807) is 6.07 Å². The van der Waals surface area contributed by atoms with Gasteiger partial charge in [-0.2, -0.15) is 49.2 Å². The first-order chi connectivity index (χ1) is 20.1. The van der Waals surface area contributed by atoms with Crippen molar-refractivity contribution in [1.29, 1.82) is 5.26 Å². The van der Waals surface area contributed by atoms with Gasteiger partial charge in [0.05, 0.1) is 34.9 Å². The highest BCUT2D eigenvalue weighted by Gasteiger charge is 2.87. The van der Waals surface area contributed by atoms with Gasteiger partial charge in [0.1, 0.15) is 5.69 Å². The van der Waals surface area contributed by atoms with Crippen molar-refractivity contribution in [2.24, 2.45) is 0 Å². The number of hydrogen-bond donors (Lipinski definition) is 0. The van der Waals surface area contributed by atoms with Crippen molar-refractivity contribution < 1.29 is 67.0 Å². The van der Waals surface area contributed by atoms with Crippen molar-refractivity contribution >= 4 is 34.7 Å². The second-order valence-electron chi connectivity index (χ2n) is 8.72. The predicted molar refractivity (Wildman–Crippen MR) is 128 cm³/mol. The van der Waals surface area contributed by atoms with Crippen LogP contribution in [0, 0.1) is 11.3 Å². The number of ether oxygens (including phenoxy) is 1. The number of alkyl halides is 11. The molecule has 0 saturated heterocycles. The van der Waals surface area contributed by atoms with Crippen LogP contribution in [0.5, 0.6) is 0 Å². The van der Waals surface area contributed by atoms with Crippen LogP contribution in [0.4, 0.5) is 52.7 Å². The van der Waals surface area contributed by atoms with Gasteiger partial charge in [-0.1, -0.05) is 30.3 Å². The minimum Gasteiger partial charge on any atom is -0.462 e. The second kappa shape index (κ2) is 11.4. The number of benzene rings is 1. The van der Waals surface area contributed by atoms with Crippen molar-refractivity contribution in [1.82, 2.24) is 4.40 Å². The lowest BCUT2D eigenvalue weighted by Crippen LogP contribution is -2.66. The van der Waals surface area contributed by atoms with Gasteiger partial charge in [0.2, 0.25) is 11.6 Å². The molecular weight excluding hydrogens is 652 g/mol. The van der Waals surface area contributed by atoms with Gasteiger partial charge in [-0.3, -0.25) is 4.79 Å². The summed E-state index contributed by atoms with van der Waals surface area (Å²) in [4.78, 5) is 26.2. The molecule has 0 N–H and O–H groups in total. The second-order valence-corrected chi connectivity index (χ2v) is 9.19. The third-order valence-corrected chi connectivity index (χ3v) is 6.26. The number of halogens is 13. The Hall–Kier alpha value is -4.20. The first kappa shape index (κ1) is 34.3. The number of esters is 1. The number of carbonyl (C=O) groups excluding carboxylic acids is 2. The number of nitriles is 1. The van der Waals surface area contributed by atoms with E-state index in [0.29, 0.717) is 4.40 Å². The van der Waals surface area contributed by atoms with E-state index in [0.717, 1.165) is 37.4 Å². The van der Waals surface area contributed by atoms with Crippen LogP contribution >= 0.6 is 11.6 Å². The molecule has 18 heteroatoms. The number of pyridine rings is 1. The van der Waals surface area contributed by atoms with Gasteiger partial charge in [-0.05, 0) is 30.7 Å². The Kier molecular flexibility index (Phi) is 8.87. The summed E-state index contributed by atoms with van der Waals surface area (Å²) in [6.07, 6.45) is 0.769. The molecule has 236 valence electrons. The minimum atomic E-state index is -7.84. The molecule has 0 amide bonds. The molecule has 0 spiro atoms. The van der Waals surface area contributed by atoms with E-state index >= 15 is 8.78 Å². The number of rotatable bonds is 10. The van der Waals surface area contributed by atoms with E-state index in [1.165, 1.54) is 18.2 Å². The molecule has 0 aliphatic rings. The summed E-state index contributed by atoms with van der Waals surface area (Å²) in [5.74, 6) is -41.3. The standard InChI is InChI=1S/C26H13ClF12N2O3/c1-2-44-21(43)15-14-10-12(11-40)8-9-41(14)18(19(42)13-6-4-3-5-7-13)16(15)17(28)20(29)22(30,31)23(32,33)24(34,35)25(36,37)26(27,38)39/h3-10H,2H2,1H3/b20-17+. The zero-order valence-electron chi connectivity index (χ0n) is 21.4. The molecule has 3 aromatic rings. The Morgan fingerprint density at radius 3 is 1.95 bits per heavy atom. The molecule has 2 aromatic heterocycles. The summed E-state index contributed by atoms with van der Waals surface area (Å²) in [5.41, 5.74) is -6.06. The smallest absolute Gasteiger partial charge is 0.393 e. The first-order valence-corrected chi connectivity index (χ1v) is 12.0. The van der Waals surface area contributed by atoms with Crippen LogP contribution in [0.2, 0.25) is 0 Å². The summed E-state index contributed by atoms with van der Waals surface area (Å²) in [5, 5.41) is 2.63. The number of nitrogens with zero attached hydrogens (tertiary/aromatic N) is 2. The largest absolute Gasteiger partial charge is 0.462 e. The summed E-state index contributed by atoms with van der Waals surface area (Å²) in [7, 11) is 0. The maximum atomic E-state index is 15.7. The maximum Gasteiger partial charge on any atom is 0.393 e. The van der Waals surface area contributed by atoms with Gasteiger partial charge < -0.3 is 9.14 Å². The average molecular weight is 665 g/mol. The molecule has 0 atom stereocenters. The average Bonchev–Trinajstić information content (AvgIpc) is 3.29. The van der Waals surface area contributed by atoms with E-state index in [9.17, 15) is 58.8 Å². The van der Waals surface area contributed by atoms with Gasteiger partial charge in [0, 0.05) is 11.8 Å². The van der Waals surface area contributed by atoms with E-state index in [4.69, 9.17) is 0 Å². The lowest BCUT2D eigenvalue weighted by Gasteiger charge is -2.37. The highest BCUT2D eigenvalue weighted by molar-refractivity contribution is 6.22. The number of carbonyl (C=O) groups is 2. The molecule has 0 fully saturated rings. The lowest BCUT2D eigenvalue weighted by atomic mass is 9.95. The summed E-state index contributed by atoms with van der Waals surface area (Å²) < 4.78 is 175. The number of hydrogen-bond acceptors (Lipinski definition) is 4.